The lowest BCUT2D eigenvalue weighted by Gasteiger charge is -2.31. The molecule has 3 heteroatoms. The summed E-state index contributed by atoms with van der Waals surface area (Å²) in [4.78, 5) is 2.48. The number of benzene rings is 1. The van der Waals surface area contributed by atoms with Crippen molar-refractivity contribution in [2.75, 3.05) is 11.4 Å². The van der Waals surface area contributed by atoms with Crippen molar-refractivity contribution in [3.05, 3.63) is 29.8 Å². The van der Waals surface area contributed by atoms with E-state index in [1.54, 1.807) is 0 Å². The Labute approximate surface area is 104 Å². The van der Waals surface area contributed by atoms with Gasteiger partial charge in [0.2, 0.25) is 0 Å². The first-order valence-electron chi connectivity index (χ1n) is 6.51. The van der Waals surface area contributed by atoms with Crippen LogP contribution in [-0.2, 0) is 6.42 Å². The van der Waals surface area contributed by atoms with Crippen LogP contribution in [0.5, 0.6) is 0 Å². The van der Waals surface area contributed by atoms with Gasteiger partial charge in [-0.15, -0.1) is 0 Å². The summed E-state index contributed by atoms with van der Waals surface area (Å²) in [5.74, 6) is 0. The quantitative estimate of drug-likeness (QED) is 0.609. The van der Waals surface area contributed by atoms with E-state index < -0.39 is 8.07 Å². The third-order valence-electron chi connectivity index (χ3n) is 4.21. The van der Waals surface area contributed by atoms with Crippen molar-refractivity contribution in [1.82, 2.24) is 0 Å². The molecule has 0 saturated carbocycles. The number of aliphatic hydroxyl groups is 1. The Balaban J connectivity index is 1.99. The molecule has 0 aromatic heterocycles. The van der Waals surface area contributed by atoms with Gasteiger partial charge in [-0.3, -0.25) is 0 Å². The number of nitrogens with zero attached hydrogens (tertiary/aromatic N) is 1. The van der Waals surface area contributed by atoms with E-state index in [0.717, 1.165) is 13.0 Å². The standard InChI is InChI=1S/C14H21NOSi/c1-17(2,3)14-12-9-15(12)11-7-5-4-6-10(11)8-13(14)16/h4-7,12-14,16H,8-9H2,1-3H3. The molecule has 2 nitrogen and oxygen atoms in total. The van der Waals surface area contributed by atoms with Gasteiger partial charge in [0, 0.05) is 30.2 Å². The third kappa shape index (κ3) is 1.81. The lowest BCUT2D eigenvalue weighted by molar-refractivity contribution is 0.164. The van der Waals surface area contributed by atoms with Gasteiger partial charge in [-0.2, -0.15) is 0 Å². The highest BCUT2D eigenvalue weighted by Crippen LogP contribution is 2.47. The fourth-order valence-electron chi connectivity index (χ4n) is 3.47. The van der Waals surface area contributed by atoms with Crippen LogP contribution in [0.25, 0.3) is 0 Å². The van der Waals surface area contributed by atoms with Crippen LogP contribution in [0.15, 0.2) is 24.3 Å². The number of hydrogen-bond donors (Lipinski definition) is 1. The highest BCUT2D eigenvalue weighted by atomic mass is 28.3. The molecule has 2 aliphatic rings. The summed E-state index contributed by atoms with van der Waals surface area (Å²) in [6, 6.07) is 9.16. The first kappa shape index (κ1) is 11.3. The van der Waals surface area contributed by atoms with Gasteiger partial charge >= 0.3 is 0 Å². The smallest absolute Gasteiger partial charge is 0.0605 e. The van der Waals surface area contributed by atoms with Crippen molar-refractivity contribution < 1.29 is 5.11 Å². The molecule has 3 atom stereocenters. The van der Waals surface area contributed by atoms with Crippen LogP contribution in [0.2, 0.25) is 25.2 Å². The first-order chi connectivity index (χ1) is 7.98. The summed E-state index contributed by atoms with van der Waals surface area (Å²) in [6.45, 7) is 8.29. The van der Waals surface area contributed by atoms with E-state index in [4.69, 9.17) is 0 Å². The first-order valence-corrected chi connectivity index (χ1v) is 10.1. The molecule has 3 rings (SSSR count). The average Bonchev–Trinajstić information content (AvgIpc) is 2.95. The maximum Gasteiger partial charge on any atom is 0.0605 e. The SMILES string of the molecule is C[Si](C)(C)C1C(O)Cc2ccccc2N2CC12. The molecule has 0 amide bonds. The number of fused-ring (bicyclic) bond motifs is 3. The monoisotopic (exact) mass is 247 g/mol. The van der Waals surface area contributed by atoms with Crippen molar-refractivity contribution in [3.8, 4) is 0 Å². The topological polar surface area (TPSA) is 23.2 Å². The molecule has 92 valence electrons. The third-order valence-corrected chi connectivity index (χ3v) is 6.98. The van der Waals surface area contributed by atoms with Crippen LogP contribution < -0.4 is 4.90 Å². The van der Waals surface area contributed by atoms with Gasteiger partial charge < -0.3 is 10.0 Å². The van der Waals surface area contributed by atoms with Crippen LogP contribution in [0.1, 0.15) is 5.56 Å². The Morgan fingerprint density at radius 3 is 2.65 bits per heavy atom. The predicted molar refractivity (Wildman–Crippen MR) is 74.4 cm³/mol. The maximum atomic E-state index is 10.5. The molecule has 2 aliphatic heterocycles. The summed E-state index contributed by atoms with van der Waals surface area (Å²) < 4.78 is 0. The Kier molecular flexibility index (Phi) is 2.39. The van der Waals surface area contributed by atoms with E-state index in [9.17, 15) is 5.11 Å². The van der Waals surface area contributed by atoms with Crippen molar-refractivity contribution in [3.63, 3.8) is 0 Å². The zero-order chi connectivity index (χ0) is 12.2. The van der Waals surface area contributed by atoms with E-state index in [0.29, 0.717) is 11.6 Å². The summed E-state index contributed by atoms with van der Waals surface area (Å²) in [5, 5.41) is 10.5. The largest absolute Gasteiger partial charge is 0.393 e. The van der Waals surface area contributed by atoms with Gasteiger partial charge in [-0.1, -0.05) is 37.8 Å². The fraction of sp³-hybridized carbons (Fsp3) is 0.571. The van der Waals surface area contributed by atoms with Gasteiger partial charge in [0.1, 0.15) is 0 Å². The molecule has 1 saturated heterocycles. The van der Waals surface area contributed by atoms with Crippen LogP contribution in [0, 0.1) is 0 Å². The molecule has 0 aliphatic carbocycles. The van der Waals surface area contributed by atoms with E-state index in [-0.39, 0.29) is 6.10 Å². The minimum atomic E-state index is -1.30. The molecule has 0 radical (unpaired) electrons. The molecule has 1 aromatic carbocycles. The van der Waals surface area contributed by atoms with Crippen LogP contribution in [0.3, 0.4) is 0 Å². The molecular weight excluding hydrogens is 226 g/mol. The Hall–Kier alpha value is -0.803. The van der Waals surface area contributed by atoms with Crippen molar-refractivity contribution in [2.24, 2.45) is 0 Å². The molecule has 3 unspecified atom stereocenters. The average molecular weight is 247 g/mol. The molecular formula is C14H21NOSi. The number of aliphatic hydroxyl groups excluding tert-OH is 1. The van der Waals surface area contributed by atoms with E-state index in [1.165, 1.54) is 11.3 Å². The van der Waals surface area contributed by atoms with Crippen LogP contribution in [0.4, 0.5) is 5.69 Å². The lowest BCUT2D eigenvalue weighted by atomic mass is 10.0. The second-order valence-corrected chi connectivity index (χ2v) is 11.9. The minimum absolute atomic E-state index is 0.152. The van der Waals surface area contributed by atoms with E-state index in [2.05, 4.69) is 48.8 Å². The number of para-hydroxylation sites is 1. The van der Waals surface area contributed by atoms with Crippen molar-refractivity contribution in [2.45, 2.75) is 43.7 Å². The van der Waals surface area contributed by atoms with E-state index >= 15 is 0 Å². The lowest BCUT2D eigenvalue weighted by Crippen LogP contribution is -2.40. The van der Waals surface area contributed by atoms with Gasteiger partial charge in [0.15, 0.2) is 0 Å². The molecule has 2 heterocycles. The molecule has 17 heavy (non-hydrogen) atoms. The second-order valence-electron chi connectivity index (χ2n) is 6.51. The summed E-state index contributed by atoms with van der Waals surface area (Å²) in [5.41, 5.74) is 3.19. The number of anilines is 1. The Morgan fingerprint density at radius 1 is 1.24 bits per heavy atom. The van der Waals surface area contributed by atoms with Gasteiger partial charge in [-0.25, -0.2) is 0 Å². The molecule has 1 fully saturated rings. The van der Waals surface area contributed by atoms with Crippen molar-refractivity contribution >= 4 is 13.8 Å². The number of hydrogen-bond acceptors (Lipinski definition) is 2. The van der Waals surface area contributed by atoms with Crippen LogP contribution in [-0.4, -0.2) is 31.9 Å². The zero-order valence-corrected chi connectivity index (χ0v) is 11.9. The second kappa shape index (κ2) is 3.59. The normalized spacial score (nSPS) is 31.5. The minimum Gasteiger partial charge on any atom is -0.393 e. The van der Waals surface area contributed by atoms with Crippen molar-refractivity contribution in [1.29, 1.82) is 0 Å². The maximum absolute atomic E-state index is 10.5. The molecule has 1 aromatic rings. The van der Waals surface area contributed by atoms with Gasteiger partial charge in [-0.05, 0) is 11.6 Å². The summed E-state index contributed by atoms with van der Waals surface area (Å²) >= 11 is 0. The highest BCUT2D eigenvalue weighted by molar-refractivity contribution is 6.78. The molecule has 0 bridgehead atoms. The zero-order valence-electron chi connectivity index (χ0n) is 10.9. The Bertz CT molecular complexity index is 438. The predicted octanol–water partition coefficient (Wildman–Crippen LogP) is 2.50. The molecule has 1 N–H and O–H groups in total. The Morgan fingerprint density at radius 2 is 1.94 bits per heavy atom. The van der Waals surface area contributed by atoms with Gasteiger partial charge in [0.25, 0.3) is 0 Å². The number of rotatable bonds is 1. The highest BCUT2D eigenvalue weighted by Gasteiger charge is 2.51. The van der Waals surface area contributed by atoms with Crippen LogP contribution >= 0.6 is 0 Å². The fourth-order valence-corrected chi connectivity index (χ4v) is 6.18. The van der Waals surface area contributed by atoms with E-state index in [1.807, 2.05) is 0 Å². The summed E-state index contributed by atoms with van der Waals surface area (Å²) in [7, 11) is -1.30. The van der Waals surface area contributed by atoms with Gasteiger partial charge in [0.05, 0.1) is 14.2 Å². The summed E-state index contributed by atoms with van der Waals surface area (Å²) in [6.07, 6.45) is 0.679. The molecule has 0 spiro atoms.